The number of hydrogen-bond donors (Lipinski definition) is 0. The molecule has 0 spiro atoms. The zero-order valence-electron chi connectivity index (χ0n) is 11.6. The van der Waals surface area contributed by atoms with Gasteiger partial charge in [0.05, 0.1) is 7.11 Å². The van der Waals surface area contributed by atoms with E-state index in [1.807, 2.05) is 12.3 Å². The van der Waals surface area contributed by atoms with E-state index in [4.69, 9.17) is 4.74 Å². The van der Waals surface area contributed by atoms with Gasteiger partial charge in [0.25, 0.3) is 0 Å². The summed E-state index contributed by atoms with van der Waals surface area (Å²) in [5.74, 6) is 0.697. The number of nitrogens with zero attached hydrogens (tertiary/aromatic N) is 1. The zero-order valence-corrected chi connectivity index (χ0v) is 11.6. The Balaban J connectivity index is 2.87. The van der Waals surface area contributed by atoms with Gasteiger partial charge >= 0.3 is 0 Å². The van der Waals surface area contributed by atoms with Gasteiger partial charge in [-0.2, -0.15) is 0 Å². The van der Waals surface area contributed by atoms with Crippen molar-refractivity contribution in [2.24, 2.45) is 0 Å². The molecule has 0 N–H and O–H groups in total. The average molecular weight is 235 g/mol. The smallest absolute Gasteiger partial charge is 0.212 e. The molecule has 0 saturated carbocycles. The topological polar surface area (TPSA) is 22.1 Å². The molecule has 0 aliphatic carbocycles. The molecule has 0 radical (unpaired) electrons. The first kappa shape index (κ1) is 14.0. The molecule has 2 nitrogen and oxygen atoms in total. The minimum absolute atomic E-state index is 0.268. The van der Waals surface area contributed by atoms with Crippen LogP contribution in [0.2, 0.25) is 0 Å². The second-order valence-corrected chi connectivity index (χ2v) is 5.00. The lowest BCUT2D eigenvalue weighted by Gasteiger charge is -2.29. The van der Waals surface area contributed by atoms with E-state index in [1.54, 1.807) is 7.11 Å². The van der Waals surface area contributed by atoms with Crippen molar-refractivity contribution in [1.82, 2.24) is 4.98 Å². The molecule has 0 fully saturated rings. The van der Waals surface area contributed by atoms with Gasteiger partial charge in [-0.25, -0.2) is 4.98 Å². The van der Waals surface area contributed by atoms with Crippen LogP contribution >= 0.6 is 0 Å². The number of rotatable bonds is 7. The molecule has 1 aromatic heterocycles. The van der Waals surface area contributed by atoms with Gasteiger partial charge in [-0.1, -0.05) is 46.1 Å². The maximum absolute atomic E-state index is 5.11. The van der Waals surface area contributed by atoms with Crippen LogP contribution in [0.4, 0.5) is 0 Å². The standard InChI is InChI=1S/C15H25NO/c1-5-7-11-15(3,10-6-2)13-8-9-14(17-4)16-12-13/h8-9,12H,5-7,10-11H2,1-4H3. The highest BCUT2D eigenvalue weighted by Crippen LogP contribution is 2.34. The molecule has 1 aromatic rings. The number of unbranched alkanes of at least 4 members (excludes halogenated alkanes) is 1. The molecule has 0 amide bonds. The van der Waals surface area contributed by atoms with Crippen LogP contribution < -0.4 is 4.74 Å². The summed E-state index contributed by atoms with van der Waals surface area (Å²) in [7, 11) is 1.66. The first-order chi connectivity index (χ1) is 8.16. The zero-order chi connectivity index (χ0) is 12.7. The quantitative estimate of drug-likeness (QED) is 0.701. The van der Waals surface area contributed by atoms with Gasteiger partial charge in [0.1, 0.15) is 0 Å². The largest absolute Gasteiger partial charge is 0.481 e. The predicted molar refractivity (Wildman–Crippen MR) is 72.6 cm³/mol. The van der Waals surface area contributed by atoms with Crippen LogP contribution in [0, 0.1) is 0 Å². The van der Waals surface area contributed by atoms with E-state index in [0.717, 1.165) is 0 Å². The second kappa shape index (κ2) is 6.63. The van der Waals surface area contributed by atoms with Crippen molar-refractivity contribution in [3.63, 3.8) is 0 Å². The number of methoxy groups -OCH3 is 1. The number of pyridine rings is 1. The molecule has 1 heterocycles. The van der Waals surface area contributed by atoms with E-state index in [0.29, 0.717) is 5.88 Å². The first-order valence-electron chi connectivity index (χ1n) is 6.66. The minimum Gasteiger partial charge on any atom is -0.481 e. The molecule has 0 aliphatic heterocycles. The molecule has 1 atom stereocenters. The lowest BCUT2D eigenvalue weighted by Crippen LogP contribution is -2.22. The molecule has 0 bridgehead atoms. The van der Waals surface area contributed by atoms with Gasteiger partial charge in [0.2, 0.25) is 5.88 Å². The number of aromatic nitrogens is 1. The van der Waals surface area contributed by atoms with Crippen LogP contribution in [0.3, 0.4) is 0 Å². The molecule has 0 aliphatic rings. The summed E-state index contributed by atoms with van der Waals surface area (Å²) in [6, 6.07) is 4.13. The molecule has 1 unspecified atom stereocenters. The molecule has 1 rings (SSSR count). The Bertz CT molecular complexity index is 320. The van der Waals surface area contributed by atoms with Crippen LogP contribution in [0.15, 0.2) is 18.3 Å². The second-order valence-electron chi connectivity index (χ2n) is 5.00. The molecule has 0 aromatic carbocycles. The van der Waals surface area contributed by atoms with Gasteiger partial charge in [0, 0.05) is 12.3 Å². The van der Waals surface area contributed by atoms with E-state index in [2.05, 4.69) is 31.8 Å². The average Bonchev–Trinajstić information content (AvgIpc) is 2.37. The first-order valence-corrected chi connectivity index (χ1v) is 6.66. The fraction of sp³-hybridized carbons (Fsp3) is 0.667. The van der Waals surface area contributed by atoms with Crippen molar-refractivity contribution in [2.45, 2.75) is 58.3 Å². The van der Waals surface area contributed by atoms with Crippen LogP contribution in [-0.2, 0) is 5.41 Å². The highest BCUT2D eigenvalue weighted by Gasteiger charge is 2.25. The summed E-state index contributed by atoms with van der Waals surface area (Å²) in [6.45, 7) is 6.86. The van der Waals surface area contributed by atoms with Crippen molar-refractivity contribution in [1.29, 1.82) is 0 Å². The van der Waals surface area contributed by atoms with Crippen molar-refractivity contribution in [3.8, 4) is 5.88 Å². The summed E-state index contributed by atoms with van der Waals surface area (Å²) in [5, 5.41) is 0. The predicted octanol–water partition coefficient (Wildman–Crippen LogP) is 4.34. The highest BCUT2D eigenvalue weighted by molar-refractivity contribution is 5.25. The van der Waals surface area contributed by atoms with Gasteiger partial charge < -0.3 is 4.74 Å². The fourth-order valence-electron chi connectivity index (χ4n) is 2.39. The van der Waals surface area contributed by atoms with E-state index in [-0.39, 0.29) is 5.41 Å². The van der Waals surface area contributed by atoms with E-state index < -0.39 is 0 Å². The van der Waals surface area contributed by atoms with Crippen LogP contribution in [0.5, 0.6) is 5.88 Å². The summed E-state index contributed by atoms with van der Waals surface area (Å²) >= 11 is 0. The Kier molecular flexibility index (Phi) is 5.46. The molecule has 17 heavy (non-hydrogen) atoms. The Morgan fingerprint density at radius 1 is 1.18 bits per heavy atom. The summed E-state index contributed by atoms with van der Waals surface area (Å²) in [6.07, 6.45) is 8.19. The van der Waals surface area contributed by atoms with Crippen molar-refractivity contribution >= 4 is 0 Å². The fourth-order valence-corrected chi connectivity index (χ4v) is 2.39. The van der Waals surface area contributed by atoms with Gasteiger partial charge in [-0.3, -0.25) is 0 Å². The third kappa shape index (κ3) is 3.72. The van der Waals surface area contributed by atoms with Crippen LogP contribution in [0.25, 0.3) is 0 Å². The normalized spacial score (nSPS) is 14.4. The lowest BCUT2D eigenvalue weighted by molar-refractivity contribution is 0.375. The summed E-state index contributed by atoms with van der Waals surface area (Å²) in [5.41, 5.74) is 1.61. The van der Waals surface area contributed by atoms with Crippen molar-refractivity contribution in [3.05, 3.63) is 23.9 Å². The third-order valence-corrected chi connectivity index (χ3v) is 3.53. The Hall–Kier alpha value is -1.05. The van der Waals surface area contributed by atoms with E-state index in [9.17, 15) is 0 Å². The maximum atomic E-state index is 5.11. The SMILES string of the molecule is CCCCC(C)(CCC)c1ccc(OC)nc1. The van der Waals surface area contributed by atoms with Gasteiger partial charge in [-0.05, 0) is 23.8 Å². The van der Waals surface area contributed by atoms with Crippen molar-refractivity contribution < 1.29 is 4.74 Å². The van der Waals surface area contributed by atoms with Crippen LogP contribution in [0.1, 0.15) is 58.4 Å². The highest BCUT2D eigenvalue weighted by atomic mass is 16.5. The summed E-state index contributed by atoms with van der Waals surface area (Å²) < 4.78 is 5.11. The molecule has 96 valence electrons. The van der Waals surface area contributed by atoms with E-state index >= 15 is 0 Å². The van der Waals surface area contributed by atoms with Crippen molar-refractivity contribution in [2.75, 3.05) is 7.11 Å². The minimum atomic E-state index is 0.268. The van der Waals surface area contributed by atoms with Gasteiger partial charge in [0.15, 0.2) is 0 Å². The summed E-state index contributed by atoms with van der Waals surface area (Å²) in [4.78, 5) is 4.33. The Morgan fingerprint density at radius 3 is 2.41 bits per heavy atom. The van der Waals surface area contributed by atoms with Gasteiger partial charge in [-0.15, -0.1) is 0 Å². The molecular weight excluding hydrogens is 210 g/mol. The van der Waals surface area contributed by atoms with E-state index in [1.165, 1.54) is 37.7 Å². The molecular formula is C15H25NO. The Morgan fingerprint density at radius 2 is 1.94 bits per heavy atom. The van der Waals surface area contributed by atoms with Crippen LogP contribution in [-0.4, -0.2) is 12.1 Å². The monoisotopic (exact) mass is 235 g/mol. The molecule has 0 saturated heterocycles. The number of ether oxygens (including phenoxy) is 1. The lowest BCUT2D eigenvalue weighted by atomic mass is 9.75. The maximum Gasteiger partial charge on any atom is 0.212 e. The molecule has 2 heteroatoms. The number of hydrogen-bond acceptors (Lipinski definition) is 2. The Labute approximate surface area is 105 Å². The third-order valence-electron chi connectivity index (χ3n) is 3.53.